The first-order valence-corrected chi connectivity index (χ1v) is 6.23. The second kappa shape index (κ2) is 4.34. The standard InChI is InChI=1S/C16H17N/c1-12-9-14-7-8-15(10-16(14)11-17-12)13-5-3-2-4-6-13/h2-8,10,12,17H,9,11H2,1H3. The smallest absolute Gasteiger partial charge is 0.0211 e. The van der Waals surface area contributed by atoms with Gasteiger partial charge in [-0.1, -0.05) is 42.5 Å². The fourth-order valence-corrected chi connectivity index (χ4v) is 2.49. The number of fused-ring (bicyclic) bond motifs is 1. The van der Waals surface area contributed by atoms with E-state index in [1.54, 1.807) is 0 Å². The SMILES string of the molecule is CC1Cc2ccc(-c3ccccc3)cc2CN1. The van der Waals surface area contributed by atoms with Gasteiger partial charge in [-0.25, -0.2) is 0 Å². The van der Waals surface area contributed by atoms with E-state index in [1.807, 2.05) is 0 Å². The van der Waals surface area contributed by atoms with Crippen LogP contribution in [-0.4, -0.2) is 6.04 Å². The van der Waals surface area contributed by atoms with E-state index in [0.29, 0.717) is 6.04 Å². The summed E-state index contributed by atoms with van der Waals surface area (Å²) in [6, 6.07) is 18.0. The van der Waals surface area contributed by atoms with Gasteiger partial charge in [-0.3, -0.25) is 0 Å². The molecule has 1 atom stereocenters. The van der Waals surface area contributed by atoms with Crippen molar-refractivity contribution in [1.82, 2.24) is 5.32 Å². The summed E-state index contributed by atoms with van der Waals surface area (Å²) < 4.78 is 0. The molecule has 0 radical (unpaired) electrons. The topological polar surface area (TPSA) is 12.0 Å². The van der Waals surface area contributed by atoms with Gasteiger partial charge in [0.1, 0.15) is 0 Å². The molecule has 17 heavy (non-hydrogen) atoms. The maximum atomic E-state index is 3.52. The molecule has 1 nitrogen and oxygen atoms in total. The Balaban J connectivity index is 1.99. The van der Waals surface area contributed by atoms with Gasteiger partial charge >= 0.3 is 0 Å². The molecular formula is C16H17N. The maximum absolute atomic E-state index is 3.52. The first-order chi connectivity index (χ1) is 8.33. The molecule has 0 bridgehead atoms. The highest BCUT2D eigenvalue weighted by Gasteiger charge is 2.14. The van der Waals surface area contributed by atoms with Gasteiger partial charge in [0.2, 0.25) is 0 Å². The quantitative estimate of drug-likeness (QED) is 0.781. The minimum atomic E-state index is 0.602. The summed E-state index contributed by atoms with van der Waals surface area (Å²) in [6.45, 7) is 3.24. The highest BCUT2D eigenvalue weighted by atomic mass is 14.9. The van der Waals surface area contributed by atoms with Crippen LogP contribution in [0.25, 0.3) is 11.1 Å². The van der Waals surface area contributed by atoms with Crippen molar-refractivity contribution < 1.29 is 0 Å². The van der Waals surface area contributed by atoms with Crippen LogP contribution in [0.3, 0.4) is 0 Å². The molecule has 0 aromatic heterocycles. The van der Waals surface area contributed by atoms with Crippen molar-refractivity contribution >= 4 is 0 Å². The van der Waals surface area contributed by atoms with Crippen molar-refractivity contribution in [2.24, 2.45) is 0 Å². The first kappa shape index (κ1) is 10.5. The highest BCUT2D eigenvalue weighted by Crippen LogP contribution is 2.25. The van der Waals surface area contributed by atoms with Crippen LogP contribution >= 0.6 is 0 Å². The van der Waals surface area contributed by atoms with Crippen LogP contribution in [0.15, 0.2) is 48.5 Å². The lowest BCUT2D eigenvalue weighted by molar-refractivity contribution is 0.514. The van der Waals surface area contributed by atoms with E-state index in [2.05, 4.69) is 60.8 Å². The summed E-state index contributed by atoms with van der Waals surface area (Å²) in [6.07, 6.45) is 1.14. The predicted octanol–water partition coefficient (Wildman–Crippen LogP) is 3.39. The summed E-state index contributed by atoms with van der Waals surface area (Å²) in [7, 11) is 0. The summed E-state index contributed by atoms with van der Waals surface area (Å²) in [5, 5.41) is 3.52. The summed E-state index contributed by atoms with van der Waals surface area (Å²) in [4.78, 5) is 0. The van der Waals surface area contributed by atoms with Crippen LogP contribution in [0, 0.1) is 0 Å². The Labute approximate surface area is 102 Å². The van der Waals surface area contributed by atoms with Crippen molar-refractivity contribution in [2.45, 2.75) is 25.9 Å². The van der Waals surface area contributed by atoms with Crippen LogP contribution in [0.1, 0.15) is 18.1 Å². The average molecular weight is 223 g/mol. The Morgan fingerprint density at radius 3 is 2.59 bits per heavy atom. The summed E-state index contributed by atoms with van der Waals surface area (Å²) >= 11 is 0. The van der Waals surface area contributed by atoms with Crippen LogP contribution in [0.2, 0.25) is 0 Å². The zero-order valence-electron chi connectivity index (χ0n) is 10.1. The highest BCUT2D eigenvalue weighted by molar-refractivity contribution is 5.65. The van der Waals surface area contributed by atoms with Crippen molar-refractivity contribution in [3.63, 3.8) is 0 Å². The molecule has 3 rings (SSSR count). The van der Waals surface area contributed by atoms with E-state index >= 15 is 0 Å². The van der Waals surface area contributed by atoms with Crippen LogP contribution < -0.4 is 5.32 Å². The Hall–Kier alpha value is -1.60. The number of benzene rings is 2. The fourth-order valence-electron chi connectivity index (χ4n) is 2.49. The third-order valence-electron chi connectivity index (χ3n) is 3.48. The molecule has 0 spiro atoms. The van der Waals surface area contributed by atoms with Crippen molar-refractivity contribution in [2.75, 3.05) is 0 Å². The predicted molar refractivity (Wildman–Crippen MR) is 71.9 cm³/mol. The molecular weight excluding hydrogens is 206 g/mol. The molecule has 1 heteroatoms. The Morgan fingerprint density at radius 1 is 0.941 bits per heavy atom. The zero-order valence-corrected chi connectivity index (χ0v) is 10.1. The lowest BCUT2D eigenvalue weighted by Crippen LogP contribution is -2.32. The van der Waals surface area contributed by atoms with Gasteiger partial charge in [-0.15, -0.1) is 0 Å². The van der Waals surface area contributed by atoms with Gasteiger partial charge in [-0.2, -0.15) is 0 Å². The van der Waals surface area contributed by atoms with Gasteiger partial charge in [0.05, 0.1) is 0 Å². The van der Waals surface area contributed by atoms with Gasteiger partial charge in [0.15, 0.2) is 0 Å². The van der Waals surface area contributed by atoms with Gasteiger partial charge in [-0.05, 0) is 41.7 Å². The molecule has 0 fully saturated rings. The lowest BCUT2D eigenvalue weighted by Gasteiger charge is -2.23. The molecule has 0 aliphatic carbocycles. The molecule has 2 aromatic rings. The molecule has 1 aliphatic rings. The van der Waals surface area contributed by atoms with Crippen LogP contribution in [0.5, 0.6) is 0 Å². The third-order valence-corrected chi connectivity index (χ3v) is 3.48. The van der Waals surface area contributed by atoms with Crippen molar-refractivity contribution in [3.05, 3.63) is 59.7 Å². The van der Waals surface area contributed by atoms with E-state index in [-0.39, 0.29) is 0 Å². The van der Waals surface area contributed by atoms with E-state index in [4.69, 9.17) is 0 Å². The largest absolute Gasteiger partial charge is 0.310 e. The molecule has 1 N–H and O–H groups in total. The Kier molecular flexibility index (Phi) is 2.69. The molecule has 1 heterocycles. The monoisotopic (exact) mass is 223 g/mol. The second-order valence-electron chi connectivity index (χ2n) is 4.84. The van der Waals surface area contributed by atoms with Gasteiger partial charge in [0.25, 0.3) is 0 Å². The molecule has 1 aliphatic heterocycles. The maximum Gasteiger partial charge on any atom is 0.0211 e. The summed E-state index contributed by atoms with van der Waals surface area (Å²) in [5.41, 5.74) is 5.56. The lowest BCUT2D eigenvalue weighted by atomic mass is 9.93. The van der Waals surface area contributed by atoms with Crippen molar-refractivity contribution in [1.29, 1.82) is 0 Å². The first-order valence-electron chi connectivity index (χ1n) is 6.23. The van der Waals surface area contributed by atoms with E-state index in [0.717, 1.165) is 13.0 Å². The van der Waals surface area contributed by atoms with Crippen LogP contribution in [-0.2, 0) is 13.0 Å². The molecule has 0 saturated heterocycles. The Bertz CT molecular complexity index is 516. The number of nitrogens with one attached hydrogen (secondary N) is 1. The van der Waals surface area contributed by atoms with Gasteiger partial charge < -0.3 is 5.32 Å². The zero-order chi connectivity index (χ0) is 11.7. The minimum absolute atomic E-state index is 0.602. The average Bonchev–Trinajstić information content (AvgIpc) is 2.39. The number of rotatable bonds is 1. The van der Waals surface area contributed by atoms with E-state index in [1.165, 1.54) is 22.3 Å². The molecule has 0 saturated carbocycles. The van der Waals surface area contributed by atoms with Crippen LogP contribution in [0.4, 0.5) is 0 Å². The Morgan fingerprint density at radius 2 is 1.76 bits per heavy atom. The number of hydrogen-bond acceptors (Lipinski definition) is 1. The minimum Gasteiger partial charge on any atom is -0.310 e. The van der Waals surface area contributed by atoms with Gasteiger partial charge in [0, 0.05) is 12.6 Å². The van der Waals surface area contributed by atoms with Crippen molar-refractivity contribution in [3.8, 4) is 11.1 Å². The van der Waals surface area contributed by atoms with E-state index < -0.39 is 0 Å². The molecule has 86 valence electrons. The molecule has 2 aromatic carbocycles. The summed E-state index contributed by atoms with van der Waals surface area (Å²) in [5.74, 6) is 0. The molecule has 1 unspecified atom stereocenters. The number of hydrogen-bond donors (Lipinski definition) is 1. The second-order valence-corrected chi connectivity index (χ2v) is 4.84. The van der Waals surface area contributed by atoms with E-state index in [9.17, 15) is 0 Å². The fraction of sp³-hybridized carbons (Fsp3) is 0.250. The normalized spacial score (nSPS) is 18.8. The molecule has 0 amide bonds. The third kappa shape index (κ3) is 2.11.